The predicted octanol–water partition coefficient (Wildman–Crippen LogP) is 2.68. The SMILES string of the molecule is COC[C@H](N=[N+]=[N-])c1ccccc1. The quantitative estimate of drug-likeness (QED) is 0.396. The van der Waals surface area contributed by atoms with E-state index in [1.165, 1.54) is 0 Å². The zero-order valence-electron chi connectivity index (χ0n) is 7.42. The van der Waals surface area contributed by atoms with Crippen molar-refractivity contribution in [2.45, 2.75) is 6.04 Å². The van der Waals surface area contributed by atoms with E-state index >= 15 is 0 Å². The van der Waals surface area contributed by atoms with Gasteiger partial charge in [0.25, 0.3) is 0 Å². The zero-order valence-corrected chi connectivity index (χ0v) is 7.42. The Kier molecular flexibility index (Phi) is 3.82. The Hall–Kier alpha value is -1.51. The van der Waals surface area contributed by atoms with Gasteiger partial charge in [0.2, 0.25) is 0 Å². The van der Waals surface area contributed by atoms with E-state index in [2.05, 4.69) is 10.0 Å². The van der Waals surface area contributed by atoms with Crippen molar-refractivity contribution in [3.8, 4) is 0 Å². The van der Waals surface area contributed by atoms with Crippen molar-refractivity contribution in [2.75, 3.05) is 13.7 Å². The average molecular weight is 177 g/mol. The lowest BCUT2D eigenvalue weighted by Crippen LogP contribution is -2.02. The van der Waals surface area contributed by atoms with Crippen molar-refractivity contribution in [3.63, 3.8) is 0 Å². The van der Waals surface area contributed by atoms with Gasteiger partial charge in [-0.25, -0.2) is 0 Å². The van der Waals surface area contributed by atoms with Gasteiger partial charge >= 0.3 is 0 Å². The zero-order chi connectivity index (χ0) is 9.52. The van der Waals surface area contributed by atoms with Crippen molar-refractivity contribution in [2.24, 2.45) is 5.11 Å². The van der Waals surface area contributed by atoms with Gasteiger partial charge in [0.1, 0.15) is 0 Å². The van der Waals surface area contributed by atoms with Gasteiger partial charge in [0.15, 0.2) is 0 Å². The molecule has 0 fully saturated rings. The third-order valence-corrected chi connectivity index (χ3v) is 1.70. The molecule has 1 aromatic carbocycles. The number of methoxy groups -OCH3 is 1. The summed E-state index contributed by atoms with van der Waals surface area (Å²) in [6.07, 6.45) is 0. The van der Waals surface area contributed by atoms with Gasteiger partial charge in [-0.3, -0.25) is 0 Å². The standard InChI is InChI=1S/C9H11N3O/c1-13-7-9(11-12-10)8-5-3-2-4-6-8/h2-6,9H,7H2,1H3/t9-/m0/s1. The van der Waals surface area contributed by atoms with Crippen LogP contribution in [0.15, 0.2) is 35.4 Å². The summed E-state index contributed by atoms with van der Waals surface area (Å²) in [5, 5.41) is 3.64. The lowest BCUT2D eigenvalue weighted by atomic mass is 10.1. The molecule has 0 amide bonds. The van der Waals surface area contributed by atoms with E-state index < -0.39 is 0 Å². The van der Waals surface area contributed by atoms with E-state index in [0.717, 1.165) is 5.56 Å². The molecule has 0 aromatic heterocycles. The molecular formula is C9H11N3O. The number of benzene rings is 1. The van der Waals surface area contributed by atoms with Gasteiger partial charge in [-0.1, -0.05) is 35.4 Å². The Balaban J connectivity index is 2.81. The second kappa shape index (κ2) is 5.19. The molecule has 0 radical (unpaired) electrons. The molecule has 68 valence electrons. The normalized spacial score (nSPS) is 11.8. The first-order chi connectivity index (χ1) is 6.38. The molecule has 13 heavy (non-hydrogen) atoms. The Labute approximate surface area is 76.8 Å². The maximum Gasteiger partial charge on any atom is 0.0858 e. The third kappa shape index (κ3) is 2.78. The van der Waals surface area contributed by atoms with E-state index in [1.54, 1.807) is 7.11 Å². The van der Waals surface area contributed by atoms with E-state index in [4.69, 9.17) is 10.3 Å². The van der Waals surface area contributed by atoms with Gasteiger partial charge in [-0.05, 0) is 11.1 Å². The summed E-state index contributed by atoms with van der Waals surface area (Å²) >= 11 is 0. The van der Waals surface area contributed by atoms with Crippen LogP contribution >= 0.6 is 0 Å². The van der Waals surface area contributed by atoms with Crippen LogP contribution in [0.3, 0.4) is 0 Å². The molecule has 0 bridgehead atoms. The first-order valence-corrected chi connectivity index (χ1v) is 3.96. The minimum absolute atomic E-state index is 0.226. The van der Waals surface area contributed by atoms with Gasteiger partial charge in [-0.15, -0.1) is 0 Å². The van der Waals surface area contributed by atoms with Crippen molar-refractivity contribution < 1.29 is 4.74 Å². The third-order valence-electron chi connectivity index (χ3n) is 1.70. The average Bonchev–Trinajstić information content (AvgIpc) is 2.19. The molecule has 0 aliphatic rings. The van der Waals surface area contributed by atoms with E-state index in [0.29, 0.717) is 6.61 Å². The van der Waals surface area contributed by atoms with E-state index in [1.807, 2.05) is 30.3 Å². The van der Waals surface area contributed by atoms with Crippen molar-refractivity contribution in [3.05, 3.63) is 46.3 Å². The Morgan fingerprint density at radius 1 is 1.46 bits per heavy atom. The molecule has 0 heterocycles. The van der Waals surface area contributed by atoms with E-state index in [-0.39, 0.29) is 6.04 Å². The second-order valence-corrected chi connectivity index (χ2v) is 2.59. The largest absolute Gasteiger partial charge is 0.384 e. The highest BCUT2D eigenvalue weighted by molar-refractivity contribution is 5.18. The summed E-state index contributed by atoms with van der Waals surface area (Å²) < 4.78 is 4.95. The van der Waals surface area contributed by atoms with Crippen molar-refractivity contribution in [1.29, 1.82) is 0 Å². The fourth-order valence-electron chi connectivity index (χ4n) is 1.09. The van der Waals surface area contributed by atoms with Crippen molar-refractivity contribution >= 4 is 0 Å². The first kappa shape index (κ1) is 9.58. The maximum atomic E-state index is 8.33. The minimum atomic E-state index is -0.226. The van der Waals surface area contributed by atoms with Crippen LogP contribution in [-0.4, -0.2) is 13.7 Å². The summed E-state index contributed by atoms with van der Waals surface area (Å²) in [4.78, 5) is 2.78. The number of hydrogen-bond donors (Lipinski definition) is 0. The van der Waals surface area contributed by atoms with Crippen LogP contribution in [0.2, 0.25) is 0 Å². The Morgan fingerprint density at radius 3 is 2.69 bits per heavy atom. The first-order valence-electron chi connectivity index (χ1n) is 3.96. The number of hydrogen-bond acceptors (Lipinski definition) is 2. The fourth-order valence-corrected chi connectivity index (χ4v) is 1.09. The summed E-state index contributed by atoms with van der Waals surface area (Å²) in [7, 11) is 1.59. The molecule has 1 aromatic rings. The Morgan fingerprint density at radius 2 is 2.15 bits per heavy atom. The molecule has 4 nitrogen and oxygen atoms in total. The minimum Gasteiger partial charge on any atom is -0.384 e. The molecular weight excluding hydrogens is 166 g/mol. The maximum absolute atomic E-state index is 8.33. The monoisotopic (exact) mass is 177 g/mol. The Bertz CT molecular complexity index is 293. The second-order valence-electron chi connectivity index (χ2n) is 2.59. The van der Waals surface area contributed by atoms with Crippen LogP contribution in [0.1, 0.15) is 11.6 Å². The molecule has 0 aliphatic carbocycles. The van der Waals surface area contributed by atoms with Crippen LogP contribution in [0.25, 0.3) is 10.4 Å². The molecule has 0 N–H and O–H groups in total. The van der Waals surface area contributed by atoms with Gasteiger partial charge < -0.3 is 4.74 Å². The van der Waals surface area contributed by atoms with Crippen LogP contribution in [-0.2, 0) is 4.74 Å². The molecule has 0 aliphatic heterocycles. The molecule has 0 saturated carbocycles. The summed E-state index contributed by atoms with van der Waals surface area (Å²) in [5.74, 6) is 0. The summed E-state index contributed by atoms with van der Waals surface area (Å²) in [6, 6.07) is 9.34. The number of azide groups is 1. The highest BCUT2D eigenvalue weighted by Crippen LogP contribution is 2.16. The van der Waals surface area contributed by atoms with Crippen LogP contribution in [0, 0.1) is 0 Å². The van der Waals surface area contributed by atoms with Crippen LogP contribution in [0.5, 0.6) is 0 Å². The van der Waals surface area contributed by atoms with Gasteiger partial charge in [0.05, 0.1) is 12.6 Å². The molecule has 0 saturated heterocycles. The number of ether oxygens (including phenoxy) is 1. The molecule has 1 rings (SSSR count). The molecule has 0 spiro atoms. The summed E-state index contributed by atoms with van der Waals surface area (Å²) in [6.45, 7) is 0.411. The van der Waals surface area contributed by atoms with E-state index in [9.17, 15) is 0 Å². The lowest BCUT2D eigenvalue weighted by Gasteiger charge is -2.09. The highest BCUT2D eigenvalue weighted by Gasteiger charge is 2.07. The smallest absolute Gasteiger partial charge is 0.0858 e. The van der Waals surface area contributed by atoms with Crippen molar-refractivity contribution in [1.82, 2.24) is 0 Å². The van der Waals surface area contributed by atoms with Gasteiger partial charge in [-0.2, -0.15) is 0 Å². The van der Waals surface area contributed by atoms with Gasteiger partial charge in [0, 0.05) is 12.0 Å². The number of nitrogens with zero attached hydrogens (tertiary/aromatic N) is 3. The van der Waals surface area contributed by atoms with Crippen LogP contribution < -0.4 is 0 Å². The molecule has 4 heteroatoms. The molecule has 0 unspecified atom stereocenters. The topological polar surface area (TPSA) is 58.0 Å². The lowest BCUT2D eigenvalue weighted by molar-refractivity contribution is 0.181. The predicted molar refractivity (Wildman–Crippen MR) is 50.2 cm³/mol. The fraction of sp³-hybridized carbons (Fsp3) is 0.333. The summed E-state index contributed by atoms with van der Waals surface area (Å²) in [5.41, 5.74) is 9.30. The molecule has 1 atom stereocenters. The number of rotatable bonds is 4. The highest BCUT2D eigenvalue weighted by atomic mass is 16.5. The van der Waals surface area contributed by atoms with Crippen LogP contribution in [0.4, 0.5) is 0 Å².